The summed E-state index contributed by atoms with van der Waals surface area (Å²) < 4.78 is 5.91. The SMILES string of the molecule is Cc1ccc([C@H](C)NC(=O)[C@H](C)Oc2ccc3c(c2)CCCC3)cc1C. The highest BCUT2D eigenvalue weighted by Gasteiger charge is 2.19. The van der Waals surface area contributed by atoms with Crippen molar-refractivity contribution in [2.24, 2.45) is 0 Å². The van der Waals surface area contributed by atoms with Crippen molar-refractivity contribution in [2.75, 3.05) is 0 Å². The number of nitrogens with one attached hydrogen (secondary N) is 1. The Morgan fingerprint density at radius 1 is 0.962 bits per heavy atom. The Bertz CT molecular complexity index is 797. The third-order valence-corrected chi connectivity index (χ3v) is 5.39. The Kier molecular flexibility index (Phi) is 5.65. The molecule has 1 N–H and O–H groups in total. The molecule has 0 bridgehead atoms. The van der Waals surface area contributed by atoms with Gasteiger partial charge in [0, 0.05) is 0 Å². The van der Waals surface area contributed by atoms with Gasteiger partial charge in [0.1, 0.15) is 5.75 Å². The van der Waals surface area contributed by atoms with E-state index < -0.39 is 6.10 Å². The molecule has 0 spiro atoms. The van der Waals surface area contributed by atoms with E-state index in [1.165, 1.54) is 35.1 Å². The number of fused-ring (bicyclic) bond motifs is 1. The fraction of sp³-hybridized carbons (Fsp3) is 0.435. The largest absolute Gasteiger partial charge is 0.481 e. The Hall–Kier alpha value is -2.29. The van der Waals surface area contributed by atoms with Crippen molar-refractivity contribution in [3.05, 3.63) is 64.2 Å². The zero-order chi connectivity index (χ0) is 18.7. The monoisotopic (exact) mass is 351 g/mol. The highest BCUT2D eigenvalue weighted by atomic mass is 16.5. The first-order valence-corrected chi connectivity index (χ1v) is 9.60. The lowest BCUT2D eigenvalue weighted by molar-refractivity contribution is -0.127. The number of aryl methyl sites for hydroxylation is 4. The predicted molar refractivity (Wildman–Crippen MR) is 106 cm³/mol. The van der Waals surface area contributed by atoms with Gasteiger partial charge in [-0.05, 0) is 93.3 Å². The van der Waals surface area contributed by atoms with Crippen molar-refractivity contribution in [1.82, 2.24) is 5.32 Å². The van der Waals surface area contributed by atoms with Crippen molar-refractivity contribution in [3.63, 3.8) is 0 Å². The maximum Gasteiger partial charge on any atom is 0.261 e. The van der Waals surface area contributed by atoms with E-state index in [0.29, 0.717) is 0 Å². The molecule has 0 aliphatic heterocycles. The number of carbonyl (C=O) groups excluding carboxylic acids is 1. The van der Waals surface area contributed by atoms with Crippen molar-refractivity contribution < 1.29 is 9.53 Å². The minimum Gasteiger partial charge on any atom is -0.481 e. The van der Waals surface area contributed by atoms with Gasteiger partial charge >= 0.3 is 0 Å². The molecule has 1 aliphatic carbocycles. The van der Waals surface area contributed by atoms with Crippen molar-refractivity contribution in [2.45, 2.75) is 65.5 Å². The molecule has 0 aromatic heterocycles. The summed E-state index contributed by atoms with van der Waals surface area (Å²) in [6.45, 7) is 8.00. The molecule has 0 fully saturated rings. The third-order valence-electron chi connectivity index (χ3n) is 5.39. The highest BCUT2D eigenvalue weighted by molar-refractivity contribution is 5.81. The Balaban J connectivity index is 1.61. The molecule has 138 valence electrons. The molecule has 2 atom stereocenters. The number of benzene rings is 2. The van der Waals surface area contributed by atoms with Crippen LogP contribution in [0.2, 0.25) is 0 Å². The van der Waals surface area contributed by atoms with E-state index in [4.69, 9.17) is 4.74 Å². The smallest absolute Gasteiger partial charge is 0.261 e. The molecule has 0 unspecified atom stereocenters. The van der Waals surface area contributed by atoms with Crippen LogP contribution in [0.25, 0.3) is 0 Å². The highest BCUT2D eigenvalue weighted by Crippen LogP contribution is 2.26. The summed E-state index contributed by atoms with van der Waals surface area (Å²) in [6, 6.07) is 12.5. The van der Waals surface area contributed by atoms with Crippen LogP contribution in [0.4, 0.5) is 0 Å². The van der Waals surface area contributed by atoms with E-state index in [0.717, 1.165) is 24.2 Å². The Morgan fingerprint density at radius 3 is 2.42 bits per heavy atom. The van der Waals surface area contributed by atoms with Gasteiger partial charge in [-0.15, -0.1) is 0 Å². The lowest BCUT2D eigenvalue weighted by Crippen LogP contribution is -2.37. The van der Waals surface area contributed by atoms with Gasteiger partial charge in [0.15, 0.2) is 6.10 Å². The quantitative estimate of drug-likeness (QED) is 0.838. The summed E-state index contributed by atoms with van der Waals surface area (Å²) in [6.07, 6.45) is 4.24. The molecule has 1 aliphatic rings. The number of rotatable bonds is 5. The first kappa shape index (κ1) is 18.5. The third kappa shape index (κ3) is 4.27. The summed E-state index contributed by atoms with van der Waals surface area (Å²) in [5.41, 5.74) is 6.40. The summed E-state index contributed by atoms with van der Waals surface area (Å²) in [5, 5.41) is 3.06. The van der Waals surface area contributed by atoms with Gasteiger partial charge in [0.25, 0.3) is 5.91 Å². The number of ether oxygens (including phenoxy) is 1. The van der Waals surface area contributed by atoms with Crippen LogP contribution < -0.4 is 10.1 Å². The summed E-state index contributed by atoms with van der Waals surface area (Å²) >= 11 is 0. The maximum absolute atomic E-state index is 12.5. The van der Waals surface area contributed by atoms with Crippen molar-refractivity contribution in [1.29, 1.82) is 0 Å². The van der Waals surface area contributed by atoms with E-state index in [1.807, 2.05) is 19.9 Å². The minimum atomic E-state index is -0.523. The topological polar surface area (TPSA) is 38.3 Å². The Morgan fingerprint density at radius 2 is 1.69 bits per heavy atom. The van der Waals surface area contributed by atoms with Gasteiger partial charge in [-0.1, -0.05) is 24.3 Å². The van der Waals surface area contributed by atoms with Gasteiger partial charge in [0.05, 0.1) is 6.04 Å². The molecule has 26 heavy (non-hydrogen) atoms. The molecule has 0 radical (unpaired) electrons. The van der Waals surface area contributed by atoms with Crippen LogP contribution in [0.3, 0.4) is 0 Å². The summed E-state index contributed by atoms with van der Waals surface area (Å²) in [4.78, 5) is 12.5. The van der Waals surface area contributed by atoms with E-state index >= 15 is 0 Å². The average molecular weight is 351 g/mol. The fourth-order valence-electron chi connectivity index (χ4n) is 3.49. The molecule has 0 saturated heterocycles. The van der Waals surface area contributed by atoms with Gasteiger partial charge < -0.3 is 10.1 Å². The first-order valence-electron chi connectivity index (χ1n) is 9.60. The van der Waals surface area contributed by atoms with E-state index in [9.17, 15) is 4.79 Å². The van der Waals surface area contributed by atoms with Crippen molar-refractivity contribution >= 4 is 5.91 Å². The second-order valence-electron chi connectivity index (χ2n) is 7.47. The molecule has 3 heteroatoms. The second-order valence-corrected chi connectivity index (χ2v) is 7.47. The minimum absolute atomic E-state index is 0.0450. The van der Waals surface area contributed by atoms with Crippen LogP contribution in [0.1, 0.15) is 60.5 Å². The number of hydrogen-bond donors (Lipinski definition) is 1. The molecule has 3 nitrogen and oxygen atoms in total. The average Bonchev–Trinajstić information content (AvgIpc) is 2.63. The van der Waals surface area contributed by atoms with Gasteiger partial charge in [-0.3, -0.25) is 4.79 Å². The fourth-order valence-corrected chi connectivity index (χ4v) is 3.49. The standard InChI is InChI=1S/C23H29NO2/c1-15-9-10-20(13-16(15)2)17(3)24-23(25)18(4)26-22-12-11-19-7-5-6-8-21(19)14-22/h9-14,17-18H,5-8H2,1-4H3,(H,24,25)/t17-,18-/m0/s1. The van der Waals surface area contributed by atoms with Gasteiger partial charge in [-0.2, -0.15) is 0 Å². The summed E-state index contributed by atoms with van der Waals surface area (Å²) in [7, 11) is 0. The molecular formula is C23H29NO2. The number of carbonyl (C=O) groups is 1. The zero-order valence-corrected chi connectivity index (χ0v) is 16.3. The summed E-state index contributed by atoms with van der Waals surface area (Å²) in [5.74, 6) is 0.695. The van der Waals surface area contributed by atoms with Crippen LogP contribution in [0, 0.1) is 13.8 Å². The van der Waals surface area contributed by atoms with E-state index in [2.05, 4.69) is 49.5 Å². The van der Waals surface area contributed by atoms with Crippen LogP contribution >= 0.6 is 0 Å². The number of hydrogen-bond acceptors (Lipinski definition) is 2. The second kappa shape index (κ2) is 7.94. The molecule has 1 amide bonds. The molecule has 3 rings (SSSR count). The Labute approximate surface area is 156 Å². The first-order chi connectivity index (χ1) is 12.4. The molecule has 0 heterocycles. The van der Waals surface area contributed by atoms with E-state index in [-0.39, 0.29) is 11.9 Å². The zero-order valence-electron chi connectivity index (χ0n) is 16.3. The number of amides is 1. The van der Waals surface area contributed by atoms with Crippen LogP contribution in [-0.4, -0.2) is 12.0 Å². The lowest BCUT2D eigenvalue weighted by atomic mass is 9.92. The van der Waals surface area contributed by atoms with Crippen LogP contribution in [0.15, 0.2) is 36.4 Å². The van der Waals surface area contributed by atoms with E-state index in [1.54, 1.807) is 0 Å². The van der Waals surface area contributed by atoms with Crippen LogP contribution in [-0.2, 0) is 17.6 Å². The molecular weight excluding hydrogens is 322 g/mol. The van der Waals surface area contributed by atoms with Gasteiger partial charge in [-0.25, -0.2) is 0 Å². The normalized spacial score (nSPS) is 15.7. The molecule has 2 aromatic carbocycles. The van der Waals surface area contributed by atoms with Crippen LogP contribution in [0.5, 0.6) is 5.75 Å². The molecule has 0 saturated carbocycles. The predicted octanol–water partition coefficient (Wildman–Crippen LogP) is 4.83. The van der Waals surface area contributed by atoms with Crippen molar-refractivity contribution in [3.8, 4) is 5.75 Å². The van der Waals surface area contributed by atoms with Gasteiger partial charge in [0.2, 0.25) is 0 Å². The lowest BCUT2D eigenvalue weighted by Gasteiger charge is -2.21. The maximum atomic E-state index is 12.5. The molecule has 2 aromatic rings.